The molecule has 0 aliphatic carbocycles. The first-order valence-electron chi connectivity index (χ1n) is 8.10. The number of alkyl halides is 3. The van der Waals surface area contributed by atoms with Crippen molar-refractivity contribution in [2.45, 2.75) is 22.9 Å². The molecule has 0 aliphatic heterocycles. The molecule has 2 aromatic rings. The van der Waals surface area contributed by atoms with Gasteiger partial charge in [0.25, 0.3) is 0 Å². The van der Waals surface area contributed by atoms with Gasteiger partial charge in [-0.25, -0.2) is 8.42 Å². The van der Waals surface area contributed by atoms with Crippen LogP contribution in [0.3, 0.4) is 0 Å². The third-order valence-corrected chi connectivity index (χ3v) is 6.16. The van der Waals surface area contributed by atoms with Crippen molar-refractivity contribution in [3.63, 3.8) is 0 Å². The zero-order chi connectivity index (χ0) is 22.6. The summed E-state index contributed by atoms with van der Waals surface area (Å²) in [4.78, 5) is 11.9. The smallest absolute Gasteiger partial charge is 0.468 e. The van der Waals surface area contributed by atoms with Crippen molar-refractivity contribution in [3.05, 3.63) is 60.2 Å². The third-order valence-electron chi connectivity index (χ3n) is 3.69. The highest BCUT2D eigenvalue weighted by Gasteiger charge is 2.48. The topological polar surface area (TPSA) is 116 Å². The number of rotatable bonds is 8. The Bertz CT molecular complexity index is 1080. The molecule has 164 valence electrons. The number of methoxy groups -OCH3 is 1. The molecule has 0 heterocycles. The van der Waals surface area contributed by atoms with Gasteiger partial charge in [-0.2, -0.15) is 26.3 Å². The van der Waals surface area contributed by atoms with Gasteiger partial charge in [0.05, 0.1) is 12.0 Å². The van der Waals surface area contributed by atoms with E-state index in [1.54, 1.807) is 6.07 Å². The molecule has 0 fully saturated rings. The molecule has 0 spiro atoms. The molecule has 0 saturated heterocycles. The number of halogens is 3. The van der Waals surface area contributed by atoms with Crippen LogP contribution in [0, 0.1) is 0 Å². The number of carbonyl (C=O) groups is 1. The van der Waals surface area contributed by atoms with E-state index in [1.807, 2.05) is 0 Å². The highest BCUT2D eigenvalue weighted by Crippen LogP contribution is 2.27. The molecule has 8 nitrogen and oxygen atoms in total. The summed E-state index contributed by atoms with van der Waals surface area (Å²) in [6, 6.07) is 10.2. The molecule has 0 amide bonds. The normalized spacial score (nSPS) is 13.5. The van der Waals surface area contributed by atoms with E-state index in [4.69, 9.17) is 0 Å². The number of carbonyl (C=O) groups excluding carboxylic acids is 1. The summed E-state index contributed by atoms with van der Waals surface area (Å²) < 4.78 is 94.8. The Morgan fingerprint density at radius 2 is 1.57 bits per heavy atom. The Kier molecular flexibility index (Phi) is 7.10. The van der Waals surface area contributed by atoms with Crippen LogP contribution in [0.15, 0.2) is 59.5 Å². The first kappa shape index (κ1) is 23.6. The minimum absolute atomic E-state index is 0.0833. The van der Waals surface area contributed by atoms with E-state index >= 15 is 0 Å². The van der Waals surface area contributed by atoms with E-state index in [9.17, 15) is 34.8 Å². The van der Waals surface area contributed by atoms with Crippen LogP contribution in [-0.4, -0.2) is 41.5 Å². The van der Waals surface area contributed by atoms with Crippen molar-refractivity contribution in [2.24, 2.45) is 0 Å². The molecule has 2 aromatic carbocycles. The van der Waals surface area contributed by atoms with Crippen LogP contribution in [0.4, 0.5) is 13.2 Å². The monoisotopic (exact) mass is 467 g/mol. The van der Waals surface area contributed by atoms with Crippen LogP contribution < -0.4 is 8.91 Å². The Balaban J connectivity index is 2.19. The van der Waals surface area contributed by atoms with Crippen molar-refractivity contribution in [1.29, 1.82) is 0 Å². The quantitative estimate of drug-likeness (QED) is 0.359. The van der Waals surface area contributed by atoms with Crippen LogP contribution in [0.5, 0.6) is 5.75 Å². The summed E-state index contributed by atoms with van der Waals surface area (Å²) in [6.07, 6.45) is -0.217. The zero-order valence-corrected chi connectivity index (χ0v) is 16.9. The average Bonchev–Trinajstić information content (AvgIpc) is 2.67. The van der Waals surface area contributed by atoms with Gasteiger partial charge >= 0.3 is 21.6 Å². The molecular weight excluding hydrogens is 451 g/mol. The molecule has 0 aliphatic rings. The average molecular weight is 467 g/mol. The lowest BCUT2D eigenvalue weighted by Crippen LogP contribution is -2.42. The number of ether oxygens (including phenoxy) is 1. The van der Waals surface area contributed by atoms with Crippen LogP contribution in [0.1, 0.15) is 5.56 Å². The fraction of sp³-hybridized carbons (Fsp3) is 0.235. The summed E-state index contributed by atoms with van der Waals surface area (Å²) in [5.74, 6) is -1.50. The number of nitrogens with one attached hydrogen (secondary N) is 1. The van der Waals surface area contributed by atoms with Crippen LogP contribution in [-0.2, 0) is 36.1 Å². The highest BCUT2D eigenvalue weighted by molar-refractivity contribution is 7.89. The second-order valence-electron chi connectivity index (χ2n) is 5.84. The Labute approximate surface area is 170 Å². The maximum absolute atomic E-state index is 12.4. The third kappa shape index (κ3) is 5.93. The summed E-state index contributed by atoms with van der Waals surface area (Å²) in [7, 11) is -8.83. The molecule has 1 atom stereocenters. The van der Waals surface area contributed by atoms with Crippen LogP contribution >= 0.6 is 0 Å². The standard InChI is InChI=1S/C17H16F3NO7S2/c1-27-16(22)15(21-29(23,24)14-5-3-2-4-6-14)11-12-7-9-13(10-8-12)28-30(25,26)17(18,19)20/h2-10,15,21H,11H2,1H3/t15-/m0/s1. The number of hydrogen-bond donors (Lipinski definition) is 1. The van der Waals surface area contributed by atoms with E-state index in [1.165, 1.54) is 36.4 Å². The van der Waals surface area contributed by atoms with Gasteiger partial charge < -0.3 is 8.92 Å². The van der Waals surface area contributed by atoms with Crippen molar-refractivity contribution in [1.82, 2.24) is 4.72 Å². The molecule has 13 heteroatoms. The summed E-state index contributed by atoms with van der Waals surface area (Å²) in [5.41, 5.74) is -5.28. The van der Waals surface area contributed by atoms with Gasteiger partial charge in [-0.3, -0.25) is 4.79 Å². The zero-order valence-electron chi connectivity index (χ0n) is 15.3. The number of hydrogen-bond acceptors (Lipinski definition) is 7. The summed E-state index contributed by atoms with van der Waals surface area (Å²) in [6.45, 7) is 0. The molecule has 0 unspecified atom stereocenters. The van der Waals surface area contributed by atoms with Crippen molar-refractivity contribution in [2.75, 3.05) is 7.11 Å². The first-order valence-corrected chi connectivity index (χ1v) is 11.0. The van der Waals surface area contributed by atoms with E-state index in [-0.39, 0.29) is 11.3 Å². The molecule has 0 saturated carbocycles. The van der Waals surface area contributed by atoms with Gasteiger partial charge in [-0.15, -0.1) is 0 Å². The first-order chi connectivity index (χ1) is 13.9. The molecule has 0 radical (unpaired) electrons. The van der Waals surface area contributed by atoms with Crippen molar-refractivity contribution < 1.29 is 43.7 Å². The van der Waals surface area contributed by atoms with Gasteiger partial charge in [0.1, 0.15) is 11.8 Å². The Hall–Kier alpha value is -2.64. The van der Waals surface area contributed by atoms with E-state index in [0.717, 1.165) is 19.2 Å². The van der Waals surface area contributed by atoms with Crippen molar-refractivity contribution >= 4 is 26.1 Å². The summed E-state index contributed by atoms with van der Waals surface area (Å²) >= 11 is 0. The van der Waals surface area contributed by atoms with E-state index in [0.29, 0.717) is 5.56 Å². The fourth-order valence-electron chi connectivity index (χ4n) is 2.26. The lowest BCUT2D eigenvalue weighted by molar-refractivity contribution is -0.142. The highest BCUT2D eigenvalue weighted by atomic mass is 32.2. The number of esters is 1. The van der Waals surface area contributed by atoms with E-state index < -0.39 is 43.4 Å². The molecule has 1 N–H and O–H groups in total. The number of benzene rings is 2. The van der Waals surface area contributed by atoms with Crippen LogP contribution in [0.25, 0.3) is 0 Å². The Morgan fingerprint density at radius 3 is 2.07 bits per heavy atom. The maximum Gasteiger partial charge on any atom is 0.534 e. The van der Waals surface area contributed by atoms with Gasteiger partial charge in [-0.05, 0) is 36.2 Å². The van der Waals surface area contributed by atoms with Gasteiger partial charge in [0.2, 0.25) is 10.0 Å². The minimum Gasteiger partial charge on any atom is -0.468 e. The maximum atomic E-state index is 12.4. The lowest BCUT2D eigenvalue weighted by Gasteiger charge is -2.17. The largest absolute Gasteiger partial charge is 0.534 e. The second kappa shape index (κ2) is 9.02. The predicted octanol–water partition coefficient (Wildman–Crippen LogP) is 1.98. The SMILES string of the molecule is COC(=O)[C@H](Cc1ccc(OS(=O)(=O)C(F)(F)F)cc1)NS(=O)(=O)c1ccccc1. The molecule has 30 heavy (non-hydrogen) atoms. The van der Waals surface area contributed by atoms with Gasteiger partial charge in [0.15, 0.2) is 0 Å². The van der Waals surface area contributed by atoms with Crippen molar-refractivity contribution in [3.8, 4) is 5.75 Å². The fourth-order valence-corrected chi connectivity index (χ4v) is 3.93. The molecule has 0 bridgehead atoms. The molecule has 0 aromatic heterocycles. The second-order valence-corrected chi connectivity index (χ2v) is 9.09. The minimum atomic E-state index is -5.82. The van der Waals surface area contributed by atoms with Crippen LogP contribution in [0.2, 0.25) is 0 Å². The lowest BCUT2D eigenvalue weighted by atomic mass is 10.1. The molecular formula is C17H16F3NO7S2. The molecule has 2 rings (SSSR count). The number of sulfonamides is 1. The Morgan fingerprint density at radius 1 is 1.00 bits per heavy atom. The van der Waals surface area contributed by atoms with Gasteiger partial charge in [-0.1, -0.05) is 30.3 Å². The summed E-state index contributed by atoms with van der Waals surface area (Å²) in [5, 5.41) is 0. The predicted molar refractivity (Wildman–Crippen MR) is 98.3 cm³/mol. The van der Waals surface area contributed by atoms with Gasteiger partial charge in [0, 0.05) is 0 Å². The van der Waals surface area contributed by atoms with E-state index in [2.05, 4.69) is 13.6 Å².